The Morgan fingerprint density at radius 2 is 2.05 bits per heavy atom. The first kappa shape index (κ1) is 12.5. The van der Waals surface area contributed by atoms with Gasteiger partial charge in [0.05, 0.1) is 11.4 Å². The van der Waals surface area contributed by atoms with Crippen molar-refractivity contribution in [1.82, 2.24) is 0 Å². The van der Waals surface area contributed by atoms with Gasteiger partial charge in [0, 0.05) is 17.8 Å². The SMILES string of the molecule is Cc1cccc(Nc2cc3c(cc2N)CCC(=O)N3)c1. The zero-order valence-corrected chi connectivity index (χ0v) is 11.4. The average molecular weight is 267 g/mol. The number of amides is 1. The normalized spacial score (nSPS) is 13.6. The predicted octanol–water partition coefficient (Wildman–Crippen LogP) is 3.21. The lowest BCUT2D eigenvalue weighted by Crippen LogP contribution is -2.19. The Kier molecular flexibility index (Phi) is 3.06. The summed E-state index contributed by atoms with van der Waals surface area (Å²) in [5.41, 5.74) is 11.7. The van der Waals surface area contributed by atoms with Gasteiger partial charge in [0.25, 0.3) is 0 Å². The van der Waals surface area contributed by atoms with E-state index in [4.69, 9.17) is 5.73 Å². The Morgan fingerprint density at radius 3 is 2.85 bits per heavy atom. The molecule has 0 radical (unpaired) electrons. The van der Waals surface area contributed by atoms with Gasteiger partial charge in [0.1, 0.15) is 0 Å². The summed E-state index contributed by atoms with van der Waals surface area (Å²) in [4.78, 5) is 11.5. The Labute approximate surface area is 118 Å². The molecule has 20 heavy (non-hydrogen) atoms. The molecule has 4 heteroatoms. The number of nitrogen functional groups attached to an aromatic ring is 1. The Balaban J connectivity index is 1.94. The topological polar surface area (TPSA) is 67.1 Å². The van der Waals surface area contributed by atoms with Crippen LogP contribution in [0.2, 0.25) is 0 Å². The highest BCUT2D eigenvalue weighted by molar-refractivity contribution is 5.96. The summed E-state index contributed by atoms with van der Waals surface area (Å²) >= 11 is 0. The first-order chi connectivity index (χ1) is 9.61. The quantitative estimate of drug-likeness (QED) is 0.732. The summed E-state index contributed by atoms with van der Waals surface area (Å²) in [6.45, 7) is 2.04. The smallest absolute Gasteiger partial charge is 0.224 e. The van der Waals surface area contributed by atoms with E-state index in [9.17, 15) is 4.79 Å². The molecule has 3 rings (SSSR count). The summed E-state index contributed by atoms with van der Waals surface area (Å²) < 4.78 is 0. The van der Waals surface area contributed by atoms with Crippen LogP contribution in [0.5, 0.6) is 0 Å². The van der Waals surface area contributed by atoms with Gasteiger partial charge in [-0.15, -0.1) is 0 Å². The second kappa shape index (κ2) is 4.89. The third-order valence-corrected chi connectivity index (χ3v) is 3.47. The third-order valence-electron chi connectivity index (χ3n) is 3.47. The molecular weight excluding hydrogens is 250 g/mol. The van der Waals surface area contributed by atoms with Crippen molar-refractivity contribution in [3.63, 3.8) is 0 Å². The van der Waals surface area contributed by atoms with Gasteiger partial charge in [-0.05, 0) is 48.7 Å². The lowest BCUT2D eigenvalue weighted by atomic mass is 10.0. The highest BCUT2D eigenvalue weighted by Gasteiger charge is 2.16. The van der Waals surface area contributed by atoms with Crippen LogP contribution in [0, 0.1) is 6.92 Å². The number of anilines is 4. The molecule has 1 aliphatic heterocycles. The second-order valence-corrected chi connectivity index (χ2v) is 5.14. The summed E-state index contributed by atoms with van der Waals surface area (Å²) in [5.74, 6) is 0.0591. The number of hydrogen-bond donors (Lipinski definition) is 3. The Hall–Kier alpha value is -2.49. The zero-order chi connectivity index (χ0) is 14.1. The van der Waals surface area contributed by atoms with Crippen LogP contribution in [-0.2, 0) is 11.2 Å². The lowest BCUT2D eigenvalue weighted by molar-refractivity contribution is -0.116. The molecule has 0 unspecified atom stereocenters. The maximum absolute atomic E-state index is 11.5. The van der Waals surface area contributed by atoms with Crippen LogP contribution >= 0.6 is 0 Å². The highest BCUT2D eigenvalue weighted by atomic mass is 16.1. The monoisotopic (exact) mass is 267 g/mol. The van der Waals surface area contributed by atoms with E-state index in [0.29, 0.717) is 12.1 Å². The number of carbonyl (C=O) groups excluding carboxylic acids is 1. The number of aryl methyl sites for hydroxylation is 2. The van der Waals surface area contributed by atoms with E-state index in [2.05, 4.69) is 16.7 Å². The Bertz CT molecular complexity index is 679. The maximum Gasteiger partial charge on any atom is 0.224 e. The molecule has 0 saturated heterocycles. The number of carbonyl (C=O) groups is 1. The molecule has 4 nitrogen and oxygen atoms in total. The third kappa shape index (κ3) is 2.45. The van der Waals surface area contributed by atoms with Gasteiger partial charge in [-0.25, -0.2) is 0 Å². The summed E-state index contributed by atoms with van der Waals surface area (Å²) in [6, 6.07) is 11.9. The number of benzene rings is 2. The number of fused-ring (bicyclic) bond motifs is 1. The maximum atomic E-state index is 11.5. The van der Waals surface area contributed by atoms with E-state index in [-0.39, 0.29) is 5.91 Å². The van der Waals surface area contributed by atoms with Crippen molar-refractivity contribution in [2.75, 3.05) is 16.4 Å². The summed E-state index contributed by atoms with van der Waals surface area (Å²) in [6.07, 6.45) is 1.27. The molecule has 102 valence electrons. The van der Waals surface area contributed by atoms with E-state index in [0.717, 1.165) is 29.0 Å². The molecule has 0 aliphatic carbocycles. The molecular formula is C16H17N3O. The lowest BCUT2D eigenvalue weighted by Gasteiger charge is -2.20. The zero-order valence-electron chi connectivity index (χ0n) is 11.4. The van der Waals surface area contributed by atoms with Gasteiger partial charge < -0.3 is 16.4 Å². The predicted molar refractivity (Wildman–Crippen MR) is 82.3 cm³/mol. The fraction of sp³-hybridized carbons (Fsp3) is 0.188. The number of nitrogens with two attached hydrogens (primary N) is 1. The van der Waals surface area contributed by atoms with E-state index >= 15 is 0 Å². The summed E-state index contributed by atoms with van der Waals surface area (Å²) in [7, 11) is 0. The molecule has 2 aromatic rings. The van der Waals surface area contributed by atoms with E-state index < -0.39 is 0 Å². The van der Waals surface area contributed by atoms with Gasteiger partial charge in [0.15, 0.2) is 0 Å². The van der Waals surface area contributed by atoms with Crippen LogP contribution in [-0.4, -0.2) is 5.91 Å². The van der Waals surface area contributed by atoms with Crippen LogP contribution in [0.15, 0.2) is 36.4 Å². The minimum Gasteiger partial charge on any atom is -0.397 e. The molecule has 2 aromatic carbocycles. The van der Waals surface area contributed by atoms with Crippen molar-refractivity contribution in [1.29, 1.82) is 0 Å². The summed E-state index contributed by atoms with van der Waals surface area (Å²) in [5, 5.41) is 6.19. The molecule has 0 spiro atoms. The van der Waals surface area contributed by atoms with Crippen LogP contribution < -0.4 is 16.4 Å². The number of hydrogen-bond acceptors (Lipinski definition) is 3. The van der Waals surface area contributed by atoms with Gasteiger partial charge in [0.2, 0.25) is 5.91 Å². The first-order valence-electron chi connectivity index (χ1n) is 6.68. The minimum absolute atomic E-state index is 0.0591. The van der Waals surface area contributed by atoms with Crippen molar-refractivity contribution in [3.05, 3.63) is 47.5 Å². The Morgan fingerprint density at radius 1 is 1.20 bits per heavy atom. The van der Waals surface area contributed by atoms with Crippen LogP contribution in [0.4, 0.5) is 22.7 Å². The van der Waals surface area contributed by atoms with E-state index in [1.807, 2.05) is 37.3 Å². The van der Waals surface area contributed by atoms with Gasteiger partial charge in [-0.1, -0.05) is 12.1 Å². The van der Waals surface area contributed by atoms with E-state index in [1.54, 1.807) is 0 Å². The standard InChI is InChI=1S/C16H17N3O/c1-10-3-2-4-12(7-10)18-15-9-14-11(8-13(15)17)5-6-16(20)19-14/h2-4,7-9,18H,5-6,17H2,1H3,(H,19,20). The molecule has 1 heterocycles. The fourth-order valence-corrected chi connectivity index (χ4v) is 2.43. The van der Waals surface area contributed by atoms with Crippen LogP contribution in [0.25, 0.3) is 0 Å². The van der Waals surface area contributed by atoms with Gasteiger partial charge in [-0.3, -0.25) is 4.79 Å². The molecule has 0 atom stereocenters. The molecule has 1 aliphatic rings. The molecule has 0 aromatic heterocycles. The molecule has 0 bridgehead atoms. The number of nitrogens with one attached hydrogen (secondary N) is 2. The minimum atomic E-state index is 0.0591. The van der Waals surface area contributed by atoms with Gasteiger partial charge >= 0.3 is 0 Å². The number of rotatable bonds is 2. The van der Waals surface area contributed by atoms with E-state index in [1.165, 1.54) is 5.56 Å². The highest BCUT2D eigenvalue weighted by Crippen LogP contribution is 2.32. The van der Waals surface area contributed by atoms with Gasteiger partial charge in [-0.2, -0.15) is 0 Å². The molecule has 0 saturated carbocycles. The fourth-order valence-electron chi connectivity index (χ4n) is 2.43. The van der Waals surface area contributed by atoms with Crippen LogP contribution in [0.3, 0.4) is 0 Å². The molecule has 4 N–H and O–H groups in total. The van der Waals surface area contributed by atoms with Crippen molar-refractivity contribution in [3.8, 4) is 0 Å². The van der Waals surface area contributed by atoms with Crippen molar-refractivity contribution < 1.29 is 4.79 Å². The van der Waals surface area contributed by atoms with Crippen molar-refractivity contribution >= 4 is 28.7 Å². The molecule has 1 amide bonds. The largest absolute Gasteiger partial charge is 0.397 e. The van der Waals surface area contributed by atoms with Crippen molar-refractivity contribution in [2.24, 2.45) is 0 Å². The first-order valence-corrected chi connectivity index (χ1v) is 6.68. The van der Waals surface area contributed by atoms with Crippen molar-refractivity contribution in [2.45, 2.75) is 19.8 Å². The average Bonchev–Trinajstić information content (AvgIpc) is 2.40. The molecule has 0 fully saturated rings. The second-order valence-electron chi connectivity index (χ2n) is 5.14. The van der Waals surface area contributed by atoms with Crippen LogP contribution in [0.1, 0.15) is 17.5 Å².